The Morgan fingerprint density at radius 3 is 2.46 bits per heavy atom. The van der Waals surface area contributed by atoms with Crippen molar-refractivity contribution in [1.82, 2.24) is 14.8 Å². The zero-order chi connectivity index (χ0) is 27.4. The van der Waals surface area contributed by atoms with Gasteiger partial charge in [0.2, 0.25) is 0 Å². The minimum absolute atomic E-state index is 0.0451. The molecular formula is C29H29F3N6S. The van der Waals surface area contributed by atoms with Gasteiger partial charge >= 0.3 is 6.18 Å². The van der Waals surface area contributed by atoms with Crippen LogP contribution in [0.3, 0.4) is 0 Å². The molecule has 0 bridgehead atoms. The molecule has 0 amide bonds. The van der Waals surface area contributed by atoms with Crippen molar-refractivity contribution >= 4 is 17.4 Å². The maximum Gasteiger partial charge on any atom is 0.416 e. The number of benzene rings is 3. The summed E-state index contributed by atoms with van der Waals surface area (Å²) in [6, 6.07) is 21.1. The summed E-state index contributed by atoms with van der Waals surface area (Å²) in [5.74, 6) is 1.98. The van der Waals surface area contributed by atoms with Crippen molar-refractivity contribution in [2.24, 2.45) is 10.2 Å². The molecule has 0 spiro atoms. The first kappa shape index (κ1) is 26.9. The Morgan fingerprint density at radius 2 is 1.74 bits per heavy atom. The van der Waals surface area contributed by atoms with Gasteiger partial charge in [0.25, 0.3) is 0 Å². The molecule has 0 radical (unpaired) electrons. The number of halogens is 3. The number of nitrogens with zero attached hydrogens (tertiary/aromatic N) is 6. The predicted octanol–water partition coefficient (Wildman–Crippen LogP) is 7.96. The molecule has 39 heavy (non-hydrogen) atoms. The quantitative estimate of drug-likeness (QED) is 0.219. The van der Waals surface area contributed by atoms with Crippen LogP contribution in [0, 0.1) is 0 Å². The van der Waals surface area contributed by atoms with Crippen LogP contribution >= 0.6 is 11.8 Å². The van der Waals surface area contributed by atoms with Gasteiger partial charge in [0.15, 0.2) is 11.3 Å². The molecule has 1 aliphatic heterocycles. The van der Waals surface area contributed by atoms with Crippen LogP contribution in [0.1, 0.15) is 42.9 Å². The first-order valence-electron chi connectivity index (χ1n) is 12.8. The van der Waals surface area contributed by atoms with Gasteiger partial charge in [0, 0.05) is 17.8 Å². The monoisotopic (exact) mass is 550 g/mol. The fourth-order valence-corrected chi connectivity index (χ4v) is 5.51. The van der Waals surface area contributed by atoms with Crippen LogP contribution in [0.5, 0.6) is 0 Å². The Bertz CT molecular complexity index is 1410. The maximum absolute atomic E-state index is 12.8. The van der Waals surface area contributed by atoms with E-state index >= 15 is 0 Å². The van der Waals surface area contributed by atoms with Crippen molar-refractivity contribution in [3.8, 4) is 17.1 Å². The van der Waals surface area contributed by atoms with Gasteiger partial charge in [-0.1, -0.05) is 56.3 Å². The fourth-order valence-electron chi connectivity index (χ4n) is 4.47. The molecule has 1 aliphatic rings. The average Bonchev–Trinajstić information content (AvgIpc) is 3.44. The first-order valence-corrected chi connectivity index (χ1v) is 13.9. The SMILES string of the molecule is CC(C)c1ccccc1N1CCCSC1N=NCc1ccc(-c2ncn(-c3ccc(C(F)(F)F)cc3)n2)cc1. The fraction of sp³-hybridized carbons (Fsp3) is 0.310. The van der Waals surface area contributed by atoms with Crippen LogP contribution < -0.4 is 4.90 Å². The standard InChI is InChI=1S/C29H29F3N6S/c1-20(2)25-6-3-4-7-26(25)37-16-5-17-39-28(37)35-34-18-21-8-10-22(11-9-21)27-33-19-38(36-27)24-14-12-23(13-15-24)29(30,31)32/h3-4,6-15,19-20,28H,5,16-18H2,1-2H3. The second kappa shape index (κ2) is 11.6. The van der Waals surface area contributed by atoms with Crippen molar-refractivity contribution < 1.29 is 13.2 Å². The van der Waals surface area contributed by atoms with E-state index in [4.69, 9.17) is 5.11 Å². The normalized spacial score (nSPS) is 16.4. The van der Waals surface area contributed by atoms with E-state index in [0.717, 1.165) is 42.0 Å². The molecule has 10 heteroatoms. The lowest BCUT2D eigenvalue weighted by Crippen LogP contribution is -2.37. The third-order valence-electron chi connectivity index (χ3n) is 6.54. The number of rotatable bonds is 7. The second-order valence-electron chi connectivity index (χ2n) is 9.63. The molecule has 2 heterocycles. The van der Waals surface area contributed by atoms with E-state index in [0.29, 0.717) is 24.0 Å². The van der Waals surface area contributed by atoms with Crippen molar-refractivity contribution in [3.05, 3.63) is 95.8 Å². The minimum Gasteiger partial charge on any atom is -0.340 e. The lowest BCUT2D eigenvalue weighted by Gasteiger charge is -2.35. The van der Waals surface area contributed by atoms with Gasteiger partial charge < -0.3 is 4.90 Å². The Kier molecular flexibility index (Phi) is 8.02. The lowest BCUT2D eigenvalue weighted by atomic mass is 10.0. The van der Waals surface area contributed by atoms with Crippen LogP contribution in [0.4, 0.5) is 18.9 Å². The molecule has 202 valence electrons. The van der Waals surface area contributed by atoms with E-state index in [1.165, 1.54) is 34.4 Å². The zero-order valence-corrected chi connectivity index (χ0v) is 22.5. The number of thioether (sulfide) groups is 1. The number of aromatic nitrogens is 3. The molecule has 1 atom stereocenters. The summed E-state index contributed by atoms with van der Waals surface area (Å²) < 4.78 is 40.0. The molecule has 0 saturated carbocycles. The lowest BCUT2D eigenvalue weighted by molar-refractivity contribution is -0.137. The van der Waals surface area contributed by atoms with Crippen molar-refractivity contribution in [3.63, 3.8) is 0 Å². The van der Waals surface area contributed by atoms with Crippen LogP contribution in [0.25, 0.3) is 17.1 Å². The van der Waals surface area contributed by atoms with Crippen LogP contribution in [0.15, 0.2) is 89.4 Å². The molecule has 4 aromatic rings. The summed E-state index contributed by atoms with van der Waals surface area (Å²) in [7, 11) is 0. The highest BCUT2D eigenvalue weighted by Crippen LogP contribution is 2.35. The average molecular weight is 551 g/mol. The topological polar surface area (TPSA) is 58.7 Å². The molecule has 1 fully saturated rings. The van der Waals surface area contributed by atoms with Gasteiger partial charge in [-0.15, -0.1) is 16.9 Å². The van der Waals surface area contributed by atoms with Gasteiger partial charge in [0.05, 0.1) is 17.8 Å². The zero-order valence-electron chi connectivity index (χ0n) is 21.7. The highest BCUT2D eigenvalue weighted by molar-refractivity contribution is 8.00. The number of hydrogen-bond acceptors (Lipinski definition) is 6. The highest BCUT2D eigenvalue weighted by Gasteiger charge is 2.30. The third-order valence-corrected chi connectivity index (χ3v) is 7.71. The van der Waals surface area contributed by atoms with Gasteiger partial charge in [-0.25, -0.2) is 9.67 Å². The number of para-hydroxylation sites is 1. The Labute approximate surface area is 230 Å². The number of alkyl halides is 3. The summed E-state index contributed by atoms with van der Waals surface area (Å²) in [4.78, 5) is 6.68. The van der Waals surface area contributed by atoms with E-state index in [1.807, 2.05) is 36.0 Å². The Balaban J connectivity index is 1.24. The van der Waals surface area contributed by atoms with E-state index < -0.39 is 11.7 Å². The molecule has 0 aliphatic carbocycles. The molecule has 1 aromatic heterocycles. The maximum atomic E-state index is 12.8. The van der Waals surface area contributed by atoms with E-state index in [9.17, 15) is 13.2 Å². The third kappa shape index (κ3) is 6.33. The van der Waals surface area contributed by atoms with Gasteiger partial charge in [-0.2, -0.15) is 23.4 Å². The smallest absolute Gasteiger partial charge is 0.340 e. The molecule has 1 unspecified atom stereocenters. The molecule has 1 saturated heterocycles. The van der Waals surface area contributed by atoms with Crippen molar-refractivity contribution in [2.75, 3.05) is 17.2 Å². The van der Waals surface area contributed by atoms with Crippen molar-refractivity contribution in [1.29, 1.82) is 0 Å². The van der Waals surface area contributed by atoms with Crippen molar-refractivity contribution in [2.45, 2.75) is 44.4 Å². The Hall–Kier alpha value is -3.66. The van der Waals surface area contributed by atoms with Crippen LogP contribution in [-0.2, 0) is 12.7 Å². The van der Waals surface area contributed by atoms with Gasteiger partial charge in [-0.05, 0) is 59.6 Å². The number of anilines is 1. The predicted molar refractivity (Wildman–Crippen MR) is 149 cm³/mol. The Morgan fingerprint density at radius 1 is 1.00 bits per heavy atom. The van der Waals surface area contributed by atoms with Gasteiger partial charge in [0.1, 0.15) is 6.33 Å². The van der Waals surface area contributed by atoms with E-state index in [-0.39, 0.29) is 5.50 Å². The summed E-state index contributed by atoms with van der Waals surface area (Å²) in [6.07, 6.45) is -1.76. The number of azo groups is 1. The van der Waals surface area contributed by atoms with Crippen LogP contribution in [-0.4, -0.2) is 32.6 Å². The van der Waals surface area contributed by atoms with Crippen LogP contribution in [0.2, 0.25) is 0 Å². The molecule has 5 rings (SSSR count). The summed E-state index contributed by atoms with van der Waals surface area (Å²) in [6.45, 7) is 5.85. The summed E-state index contributed by atoms with van der Waals surface area (Å²) in [5.41, 5.74) is 4.14. The van der Waals surface area contributed by atoms with E-state index in [2.05, 4.69) is 58.2 Å². The molecule has 0 N–H and O–H groups in total. The molecular weight excluding hydrogens is 521 g/mol. The largest absolute Gasteiger partial charge is 0.416 e. The summed E-state index contributed by atoms with van der Waals surface area (Å²) >= 11 is 1.81. The first-order chi connectivity index (χ1) is 18.8. The molecule has 3 aromatic carbocycles. The highest BCUT2D eigenvalue weighted by atomic mass is 32.2. The van der Waals surface area contributed by atoms with Gasteiger partial charge in [-0.3, -0.25) is 0 Å². The van der Waals surface area contributed by atoms with E-state index in [1.54, 1.807) is 0 Å². The molecule has 6 nitrogen and oxygen atoms in total. The number of hydrogen-bond donors (Lipinski definition) is 0. The summed E-state index contributed by atoms with van der Waals surface area (Å²) in [5, 5.41) is 13.7. The minimum atomic E-state index is -4.37. The second-order valence-corrected chi connectivity index (χ2v) is 10.8.